The minimum atomic E-state index is -1.82. The number of aromatic amines is 1. The Hall–Kier alpha value is -10.7. The number of carboxylic acids is 1. The summed E-state index contributed by atoms with van der Waals surface area (Å²) < 4.78 is 0. The number of aliphatic hydroxyl groups is 1. The molecular weight excluding hydrogens is 1410 g/mol. The van der Waals surface area contributed by atoms with Crippen molar-refractivity contribution in [1.29, 1.82) is 0 Å². The Kier molecular flexibility index (Phi) is 38.3. The van der Waals surface area contributed by atoms with E-state index in [1.807, 2.05) is 32.0 Å². The molecule has 0 unspecified atom stereocenters. The summed E-state index contributed by atoms with van der Waals surface area (Å²) in [6, 6.07) is 9.43. The van der Waals surface area contributed by atoms with Gasteiger partial charge in [0.25, 0.3) is 0 Å². The minimum Gasteiger partial charge on any atom is -0.508 e. The van der Waals surface area contributed by atoms with Crippen molar-refractivity contribution in [2.75, 3.05) is 19.6 Å². The number of unbranched alkanes of at least 4 members (excludes halogenated alkanes) is 3. The number of carbonyl (C=O) groups excluding carboxylic acids is 11. The van der Waals surface area contributed by atoms with Crippen LogP contribution in [0.15, 0.2) is 115 Å². The van der Waals surface area contributed by atoms with Crippen LogP contribution in [0.4, 0.5) is 0 Å². The molecule has 0 bridgehead atoms. The van der Waals surface area contributed by atoms with Gasteiger partial charge in [-0.15, -0.1) is 13.2 Å². The third kappa shape index (κ3) is 31.1. The maximum Gasteiger partial charge on any atom is 0.326 e. The van der Waals surface area contributed by atoms with Crippen molar-refractivity contribution in [3.05, 3.63) is 127 Å². The fourth-order valence-electron chi connectivity index (χ4n) is 12.1. The van der Waals surface area contributed by atoms with Crippen LogP contribution in [-0.4, -0.2) is 188 Å². The molecule has 32 heteroatoms. The molecule has 0 aliphatic heterocycles. The van der Waals surface area contributed by atoms with Crippen LogP contribution < -0.4 is 81.4 Å². The highest BCUT2D eigenvalue weighted by Gasteiger charge is 2.42. The number of aliphatic hydroxyl groups excluding tert-OH is 1. The molecule has 0 fully saturated rings. The molecule has 110 heavy (non-hydrogen) atoms. The number of hydrogen-bond donors (Lipinski definition) is 19. The Morgan fingerprint density at radius 2 is 1.02 bits per heavy atom. The van der Waals surface area contributed by atoms with Crippen LogP contribution in [-0.2, 0) is 76.8 Å². The van der Waals surface area contributed by atoms with Crippen LogP contribution in [0, 0.1) is 11.8 Å². The SMILES string of the molecule is C=CCCC[C@](C)(NC(=O)[C@H](CC(C)C)NC(=O)[C@H](CCCCN)NC(=O)[C@H](CC(C)C)NC(=O)[C@](C)(CCCC=C)NC(=O)[C@H](Cc1ccccc1)NC(=O)[C@H](Cc1ccc(O)cc1)NC(=O)[C@H](C)NC(=O)[C@@H](N)[C@@H](C)O)C(=O)NCC(=O)N[C@@H](CCCN=C(N)N)C(=O)N[C@@H](Cc1c[nH]c2ccccc12)C(=O)O. The van der Waals surface area contributed by atoms with Gasteiger partial charge in [0.2, 0.25) is 65.0 Å². The smallest absolute Gasteiger partial charge is 0.326 e. The number of guanidine groups is 1. The van der Waals surface area contributed by atoms with Crippen molar-refractivity contribution >= 4 is 87.8 Å². The monoisotopic (exact) mass is 1530 g/mol. The van der Waals surface area contributed by atoms with Gasteiger partial charge in [-0.05, 0) is 164 Å². The van der Waals surface area contributed by atoms with Crippen molar-refractivity contribution in [3.63, 3.8) is 0 Å². The average molecular weight is 1530 g/mol. The number of carboxylic acid groups (broad SMARTS) is 1. The van der Waals surface area contributed by atoms with E-state index in [2.05, 4.69) is 81.6 Å². The Balaban J connectivity index is 1.61. The highest BCUT2D eigenvalue weighted by molar-refractivity contribution is 6.01. The van der Waals surface area contributed by atoms with E-state index in [0.717, 1.165) is 10.9 Å². The van der Waals surface area contributed by atoms with E-state index in [-0.39, 0.29) is 101 Å². The molecule has 12 atom stereocenters. The first-order chi connectivity index (χ1) is 52.0. The number of allylic oxidation sites excluding steroid dienone is 2. The fraction of sp³-hybridized carbons (Fsp3) is 0.526. The molecule has 0 saturated carbocycles. The van der Waals surface area contributed by atoms with E-state index < -0.39 is 149 Å². The number of fused-ring (bicyclic) bond motifs is 1. The van der Waals surface area contributed by atoms with Crippen LogP contribution in [0.25, 0.3) is 10.9 Å². The lowest BCUT2D eigenvalue weighted by Crippen LogP contribution is -2.65. The quantitative estimate of drug-likeness (QED) is 0.0129. The van der Waals surface area contributed by atoms with Crippen LogP contribution in [0.1, 0.15) is 156 Å². The summed E-state index contributed by atoms with van der Waals surface area (Å²) >= 11 is 0. The van der Waals surface area contributed by atoms with E-state index in [0.29, 0.717) is 55.2 Å². The predicted octanol–water partition coefficient (Wildman–Crippen LogP) is 1.45. The topological polar surface area (TPSA) is 530 Å². The van der Waals surface area contributed by atoms with Crippen LogP contribution in [0.2, 0.25) is 0 Å². The molecule has 604 valence electrons. The predicted molar refractivity (Wildman–Crippen MR) is 418 cm³/mol. The molecule has 1 heterocycles. The van der Waals surface area contributed by atoms with Gasteiger partial charge in [-0.25, -0.2) is 4.79 Å². The third-order valence-electron chi connectivity index (χ3n) is 18.4. The van der Waals surface area contributed by atoms with E-state index in [1.54, 1.807) is 68.6 Å². The van der Waals surface area contributed by atoms with Gasteiger partial charge in [0.1, 0.15) is 71.2 Å². The first kappa shape index (κ1) is 91.7. The second kappa shape index (κ2) is 45.9. The molecule has 0 aliphatic carbocycles. The number of phenolic OH excluding ortho intramolecular Hbond substituents is 1. The summed E-state index contributed by atoms with van der Waals surface area (Å²) in [5, 5.41) is 60.7. The number of aliphatic carboxylic acids is 1. The molecule has 32 nitrogen and oxygen atoms in total. The van der Waals surface area contributed by atoms with Crippen molar-refractivity contribution in [1.82, 2.24) is 63.5 Å². The van der Waals surface area contributed by atoms with Crippen molar-refractivity contribution in [2.24, 2.45) is 39.8 Å². The minimum absolute atomic E-state index is 0.00404. The number of nitrogens with one attached hydrogen (secondary N) is 12. The van der Waals surface area contributed by atoms with Gasteiger partial charge >= 0.3 is 5.97 Å². The average Bonchev–Trinajstić information content (AvgIpc) is 0.900. The van der Waals surface area contributed by atoms with Crippen LogP contribution >= 0.6 is 0 Å². The Bertz CT molecular complexity index is 3770. The molecule has 3 aromatic carbocycles. The summed E-state index contributed by atoms with van der Waals surface area (Å²) in [4.78, 5) is 178. The largest absolute Gasteiger partial charge is 0.508 e. The number of phenols is 1. The summed E-state index contributed by atoms with van der Waals surface area (Å²) in [6.45, 7) is 20.0. The third-order valence-corrected chi connectivity index (χ3v) is 18.4. The van der Waals surface area contributed by atoms with Crippen LogP contribution in [0.5, 0.6) is 5.75 Å². The zero-order valence-electron chi connectivity index (χ0n) is 64.5. The Morgan fingerprint density at radius 3 is 1.58 bits per heavy atom. The van der Waals surface area contributed by atoms with Gasteiger partial charge < -0.3 is 102 Å². The normalized spacial score (nSPS) is 15.1. The van der Waals surface area contributed by atoms with Gasteiger partial charge in [0.15, 0.2) is 5.96 Å². The summed E-state index contributed by atoms with van der Waals surface area (Å²) in [5.41, 5.74) is 21.7. The molecule has 11 amide bonds. The molecule has 0 aliphatic rings. The fourth-order valence-corrected chi connectivity index (χ4v) is 12.1. The number of para-hydroxylation sites is 1. The number of aromatic hydroxyl groups is 1. The number of benzene rings is 3. The van der Waals surface area contributed by atoms with E-state index >= 15 is 9.59 Å². The van der Waals surface area contributed by atoms with E-state index in [4.69, 9.17) is 22.9 Å². The van der Waals surface area contributed by atoms with Gasteiger partial charge in [-0.3, -0.25) is 57.7 Å². The summed E-state index contributed by atoms with van der Waals surface area (Å²) in [7, 11) is 0. The number of H-pyrrole nitrogens is 1. The van der Waals surface area contributed by atoms with Gasteiger partial charge in [-0.1, -0.05) is 101 Å². The lowest BCUT2D eigenvalue weighted by Gasteiger charge is -2.34. The summed E-state index contributed by atoms with van der Waals surface area (Å²) in [5.74, 6) is -11.2. The second-order valence-corrected chi connectivity index (χ2v) is 29.1. The molecular formula is C78H117N17O15. The molecule has 0 saturated heterocycles. The van der Waals surface area contributed by atoms with Crippen molar-refractivity contribution in [3.8, 4) is 5.75 Å². The maximum atomic E-state index is 15.1. The van der Waals surface area contributed by atoms with Gasteiger partial charge in [0.05, 0.1) is 12.6 Å². The number of aliphatic imine (C=N–C) groups is 1. The number of hydrogen-bond acceptors (Lipinski definition) is 17. The van der Waals surface area contributed by atoms with Crippen molar-refractivity contribution in [2.45, 2.75) is 230 Å². The molecule has 4 rings (SSSR count). The maximum absolute atomic E-state index is 15.1. The van der Waals surface area contributed by atoms with Gasteiger partial charge in [-0.2, -0.15) is 0 Å². The number of nitrogens with zero attached hydrogens (tertiary/aromatic N) is 1. The molecule has 0 spiro atoms. The zero-order chi connectivity index (χ0) is 81.8. The van der Waals surface area contributed by atoms with Crippen molar-refractivity contribution < 1.29 is 72.9 Å². The number of aromatic nitrogens is 1. The summed E-state index contributed by atoms with van der Waals surface area (Å²) in [6.07, 6.45) is 5.55. The highest BCUT2D eigenvalue weighted by atomic mass is 16.4. The first-order valence-electron chi connectivity index (χ1n) is 37.4. The van der Waals surface area contributed by atoms with Gasteiger partial charge in [0, 0.05) is 42.9 Å². The number of carbonyl (C=O) groups is 12. The molecule has 23 N–H and O–H groups in total. The number of amides is 11. The molecule has 4 aromatic rings. The molecule has 1 aromatic heterocycles. The van der Waals surface area contributed by atoms with E-state index in [1.165, 1.54) is 52.0 Å². The second-order valence-electron chi connectivity index (χ2n) is 29.1. The zero-order valence-corrected chi connectivity index (χ0v) is 64.5. The van der Waals surface area contributed by atoms with E-state index in [9.17, 15) is 63.3 Å². The molecule has 0 radical (unpaired) electrons. The standard InChI is InChI=1S/C78H117N17O15/c1-11-13-21-35-77(9,74(109)85-45-63(98)87-56(30-24-38-83-76(81)82)66(100)92-62(73(107)108)43-52-44-84-55-28-19-18-27-54(52)55)94-70(104)59(40-47(5)6)90-67(101)57(29-20-23-37-79)88-68(102)58(39-46(3)4)93-75(110)78(10,36-22-14-12-2)95-71(105)61(41-50-25-16-15-17-26-50)91-69(103)60(42-51-31-33-53(97)34-32-51)89-65(99)48(7)86-72(106)64(80)49(8)96/h11-12,15-19,25-28,31-34,44,46-49,56-62,64,84,96-97H,1-2,13-14,20-24,29-30,35-43,45,79-80H2,3-10H3,(H,85,109)(H,86,106)(H,87,98)(H,88,102)(H,89,99)(H,90,101)(H,91,103)(H,92,100)(H,93,110)(H,94,104)(H,95,105)(H,107,108)(H4,81,82,83)/t48-,49+,56-,57-,58-,59-,60-,61-,62-,64-,77-,78-/m0/s1. The highest BCUT2D eigenvalue weighted by Crippen LogP contribution is 2.23. The Labute approximate surface area is 643 Å². The first-order valence-corrected chi connectivity index (χ1v) is 37.4. The lowest BCUT2D eigenvalue weighted by atomic mass is 9.91. The van der Waals surface area contributed by atoms with Crippen LogP contribution in [0.3, 0.4) is 0 Å². The number of rotatable bonds is 50. The number of nitrogens with two attached hydrogens (primary N) is 4. The Morgan fingerprint density at radius 1 is 0.536 bits per heavy atom. The lowest BCUT2D eigenvalue weighted by molar-refractivity contribution is -0.142.